The molecular formula is C21H12Cl2F5N5O2. The van der Waals surface area contributed by atoms with Gasteiger partial charge in [0, 0.05) is 18.5 Å². The number of anilines is 1. The minimum Gasteiger partial charge on any atom is -0.468 e. The maximum absolute atomic E-state index is 13.9. The Kier molecular flexibility index (Phi) is 6.94. The Hall–Kier alpha value is -3.64. The number of amides is 1. The lowest BCUT2D eigenvalue weighted by Gasteiger charge is -2.09. The number of ether oxygens (including phenoxy) is 1. The minimum absolute atomic E-state index is 0.0202. The molecule has 4 aromatic rings. The summed E-state index contributed by atoms with van der Waals surface area (Å²) in [6.07, 6.45) is 2.65. The summed E-state index contributed by atoms with van der Waals surface area (Å²) in [6.45, 7) is -0.870. The third-order valence-electron chi connectivity index (χ3n) is 4.64. The fraction of sp³-hybridized carbons (Fsp3) is 0.0952. The molecule has 0 saturated heterocycles. The van der Waals surface area contributed by atoms with Crippen LogP contribution in [0.15, 0.2) is 42.7 Å². The van der Waals surface area contributed by atoms with Crippen molar-refractivity contribution in [3.05, 3.63) is 93.1 Å². The van der Waals surface area contributed by atoms with Gasteiger partial charge in [-0.3, -0.25) is 9.48 Å². The number of benzene rings is 2. The fourth-order valence-electron chi connectivity index (χ4n) is 2.95. The molecule has 0 aliphatic carbocycles. The third-order valence-corrected chi connectivity index (χ3v) is 5.23. The van der Waals surface area contributed by atoms with Crippen LogP contribution in [0.1, 0.15) is 16.1 Å². The molecule has 0 atom stereocenters. The standard InChI is InChI=1S/C21H12Cl2F5N5O2/c22-11-2-1-3-12(23)20(11)35-9-33-6-4-13(30-33)21(34)29-14-5-7-32(31-14)8-10-15(24)17(26)19(28)18(27)16(10)25/h1-7H,8-9H2,(H,29,31,34). The van der Waals surface area contributed by atoms with Crippen LogP contribution in [0.25, 0.3) is 0 Å². The van der Waals surface area contributed by atoms with Crippen molar-refractivity contribution < 1.29 is 31.5 Å². The summed E-state index contributed by atoms with van der Waals surface area (Å²) in [6, 6.07) is 7.49. The molecule has 35 heavy (non-hydrogen) atoms. The molecule has 0 spiro atoms. The van der Waals surface area contributed by atoms with Crippen LogP contribution in [-0.4, -0.2) is 25.5 Å². The number of para-hydroxylation sites is 1. The number of carbonyl (C=O) groups excluding carboxylic acids is 1. The molecule has 0 saturated carbocycles. The summed E-state index contributed by atoms with van der Waals surface area (Å²) >= 11 is 12.1. The van der Waals surface area contributed by atoms with E-state index < -0.39 is 47.1 Å². The van der Waals surface area contributed by atoms with Crippen molar-refractivity contribution in [2.24, 2.45) is 0 Å². The Labute approximate surface area is 203 Å². The highest BCUT2D eigenvalue weighted by Gasteiger charge is 2.26. The molecule has 0 aliphatic rings. The lowest BCUT2D eigenvalue weighted by atomic mass is 10.1. The van der Waals surface area contributed by atoms with E-state index in [4.69, 9.17) is 27.9 Å². The lowest BCUT2D eigenvalue weighted by Crippen LogP contribution is -2.15. The number of hydrogen-bond donors (Lipinski definition) is 1. The lowest BCUT2D eigenvalue weighted by molar-refractivity contribution is 0.101. The van der Waals surface area contributed by atoms with Crippen LogP contribution in [0.3, 0.4) is 0 Å². The number of nitrogens with zero attached hydrogens (tertiary/aromatic N) is 4. The Bertz CT molecular complexity index is 1380. The number of rotatable bonds is 7. The van der Waals surface area contributed by atoms with E-state index in [9.17, 15) is 26.7 Å². The minimum atomic E-state index is -2.25. The SMILES string of the molecule is O=C(Nc1ccn(Cc2c(F)c(F)c(F)c(F)c2F)n1)c1ccn(COc2c(Cl)cccc2Cl)n1. The fourth-order valence-corrected chi connectivity index (χ4v) is 3.46. The monoisotopic (exact) mass is 531 g/mol. The van der Waals surface area contributed by atoms with Gasteiger partial charge in [0.15, 0.2) is 47.3 Å². The molecule has 0 fully saturated rings. The van der Waals surface area contributed by atoms with Crippen LogP contribution >= 0.6 is 23.2 Å². The zero-order valence-corrected chi connectivity index (χ0v) is 18.7. The molecular weight excluding hydrogens is 520 g/mol. The number of nitrogens with one attached hydrogen (secondary N) is 1. The van der Waals surface area contributed by atoms with Crippen LogP contribution in [0.2, 0.25) is 10.0 Å². The second kappa shape index (κ2) is 9.92. The molecule has 2 aromatic carbocycles. The van der Waals surface area contributed by atoms with E-state index in [1.807, 2.05) is 0 Å². The predicted octanol–water partition coefficient (Wildman–Crippen LogP) is 5.42. The van der Waals surface area contributed by atoms with Crippen molar-refractivity contribution in [3.63, 3.8) is 0 Å². The van der Waals surface area contributed by atoms with E-state index in [2.05, 4.69) is 15.5 Å². The van der Waals surface area contributed by atoms with Gasteiger partial charge in [0.1, 0.15) is 0 Å². The van der Waals surface area contributed by atoms with Gasteiger partial charge in [-0.05, 0) is 18.2 Å². The van der Waals surface area contributed by atoms with Crippen LogP contribution in [-0.2, 0) is 13.3 Å². The van der Waals surface area contributed by atoms with Gasteiger partial charge in [0.25, 0.3) is 5.91 Å². The first-order chi connectivity index (χ1) is 16.7. The van der Waals surface area contributed by atoms with E-state index in [0.29, 0.717) is 10.0 Å². The van der Waals surface area contributed by atoms with Crippen molar-refractivity contribution >= 4 is 34.9 Å². The first-order valence-corrected chi connectivity index (χ1v) is 10.4. The number of hydrogen-bond acceptors (Lipinski definition) is 4. The average Bonchev–Trinajstić information content (AvgIpc) is 3.48. The van der Waals surface area contributed by atoms with Gasteiger partial charge in [0.05, 0.1) is 22.2 Å². The topological polar surface area (TPSA) is 74.0 Å². The Morgan fingerprint density at radius 2 is 1.46 bits per heavy atom. The predicted molar refractivity (Wildman–Crippen MR) is 115 cm³/mol. The summed E-state index contributed by atoms with van der Waals surface area (Å²) in [5.74, 6) is -10.8. The smallest absolute Gasteiger partial charge is 0.277 e. The summed E-state index contributed by atoms with van der Waals surface area (Å²) in [5.41, 5.74) is -1.09. The van der Waals surface area contributed by atoms with Crippen molar-refractivity contribution in [3.8, 4) is 5.75 Å². The van der Waals surface area contributed by atoms with Gasteiger partial charge in [-0.2, -0.15) is 10.2 Å². The van der Waals surface area contributed by atoms with E-state index in [1.54, 1.807) is 18.2 Å². The Balaban J connectivity index is 1.41. The zero-order chi connectivity index (χ0) is 25.3. The first-order valence-electron chi connectivity index (χ1n) is 9.61. The third kappa shape index (κ3) is 5.08. The molecule has 14 heteroatoms. The van der Waals surface area contributed by atoms with Crippen molar-refractivity contribution in [2.45, 2.75) is 13.3 Å². The second-order valence-electron chi connectivity index (χ2n) is 6.97. The Morgan fingerprint density at radius 1 is 0.857 bits per heavy atom. The molecule has 2 aromatic heterocycles. The molecule has 0 aliphatic heterocycles. The molecule has 0 unspecified atom stereocenters. The van der Waals surface area contributed by atoms with Crippen molar-refractivity contribution in [1.29, 1.82) is 0 Å². The van der Waals surface area contributed by atoms with E-state index in [0.717, 1.165) is 4.68 Å². The maximum atomic E-state index is 13.9. The second-order valence-corrected chi connectivity index (χ2v) is 7.78. The first kappa shape index (κ1) is 24.5. The molecule has 0 radical (unpaired) electrons. The Morgan fingerprint density at radius 3 is 2.11 bits per heavy atom. The highest BCUT2D eigenvalue weighted by atomic mass is 35.5. The largest absolute Gasteiger partial charge is 0.468 e. The van der Waals surface area contributed by atoms with Gasteiger partial charge in [0.2, 0.25) is 5.82 Å². The highest BCUT2D eigenvalue weighted by molar-refractivity contribution is 6.37. The van der Waals surface area contributed by atoms with E-state index in [1.165, 1.54) is 29.2 Å². The van der Waals surface area contributed by atoms with Gasteiger partial charge in [-0.25, -0.2) is 26.6 Å². The van der Waals surface area contributed by atoms with Crippen LogP contribution < -0.4 is 10.1 Å². The summed E-state index contributed by atoms with van der Waals surface area (Å²) in [4.78, 5) is 12.4. The quantitative estimate of drug-likeness (QED) is 0.196. The average molecular weight is 532 g/mol. The summed E-state index contributed by atoms with van der Waals surface area (Å²) in [5, 5.41) is 10.9. The van der Waals surface area contributed by atoms with Crippen LogP contribution in [0.4, 0.5) is 27.8 Å². The molecule has 1 amide bonds. The molecule has 7 nitrogen and oxygen atoms in total. The molecule has 0 bridgehead atoms. The molecule has 4 rings (SSSR count). The van der Waals surface area contributed by atoms with Gasteiger partial charge >= 0.3 is 0 Å². The van der Waals surface area contributed by atoms with Gasteiger partial charge in [-0.1, -0.05) is 29.3 Å². The zero-order valence-electron chi connectivity index (χ0n) is 17.2. The number of aromatic nitrogens is 4. The summed E-state index contributed by atoms with van der Waals surface area (Å²) < 4.78 is 75.4. The van der Waals surface area contributed by atoms with E-state index >= 15 is 0 Å². The normalized spacial score (nSPS) is 11.1. The molecule has 1 N–H and O–H groups in total. The van der Waals surface area contributed by atoms with Crippen LogP contribution in [0, 0.1) is 29.1 Å². The van der Waals surface area contributed by atoms with Crippen molar-refractivity contribution in [1.82, 2.24) is 19.6 Å². The molecule has 182 valence electrons. The van der Waals surface area contributed by atoms with E-state index in [-0.39, 0.29) is 24.0 Å². The van der Waals surface area contributed by atoms with Gasteiger partial charge in [-0.15, -0.1) is 0 Å². The van der Waals surface area contributed by atoms with Crippen molar-refractivity contribution in [2.75, 3.05) is 5.32 Å². The summed E-state index contributed by atoms with van der Waals surface area (Å²) in [7, 11) is 0. The maximum Gasteiger partial charge on any atom is 0.277 e. The van der Waals surface area contributed by atoms with Crippen LogP contribution in [0.5, 0.6) is 5.75 Å². The highest BCUT2D eigenvalue weighted by Crippen LogP contribution is 2.32. The molecule has 2 heterocycles. The van der Waals surface area contributed by atoms with Gasteiger partial charge < -0.3 is 10.1 Å². The number of carbonyl (C=O) groups is 1. The number of halogens is 7.